The van der Waals surface area contributed by atoms with E-state index in [4.69, 9.17) is 0 Å². The smallest absolute Gasteiger partial charge is 0.337 e. The van der Waals surface area contributed by atoms with Crippen LogP contribution in [0, 0.1) is 6.92 Å². The standard InChI is InChI=1S/C17H13NO2/c1-11-13-6-3-2-5-12(13)8-9-14(11)16-15(17(19)20)7-4-10-18-16/h2-10H,1H3,(H,19,20). The minimum atomic E-state index is -0.958. The monoisotopic (exact) mass is 263 g/mol. The zero-order valence-corrected chi connectivity index (χ0v) is 11.0. The van der Waals surface area contributed by atoms with Crippen molar-refractivity contribution in [1.82, 2.24) is 4.98 Å². The second-order valence-corrected chi connectivity index (χ2v) is 4.66. The number of carboxylic acids is 1. The van der Waals surface area contributed by atoms with E-state index in [1.54, 1.807) is 18.3 Å². The summed E-state index contributed by atoms with van der Waals surface area (Å²) in [4.78, 5) is 15.6. The molecule has 0 saturated heterocycles. The van der Waals surface area contributed by atoms with E-state index < -0.39 is 5.97 Å². The number of benzene rings is 2. The summed E-state index contributed by atoms with van der Waals surface area (Å²) in [5.74, 6) is -0.958. The molecular formula is C17H13NO2. The second-order valence-electron chi connectivity index (χ2n) is 4.66. The van der Waals surface area contributed by atoms with Gasteiger partial charge >= 0.3 is 5.97 Å². The number of aromatic carboxylic acids is 1. The van der Waals surface area contributed by atoms with Crippen LogP contribution in [0.3, 0.4) is 0 Å². The number of carbonyl (C=O) groups is 1. The summed E-state index contributed by atoms with van der Waals surface area (Å²) in [6, 6.07) is 15.2. The molecular weight excluding hydrogens is 250 g/mol. The Labute approximate surface area is 116 Å². The van der Waals surface area contributed by atoms with Gasteiger partial charge in [-0.2, -0.15) is 0 Å². The van der Waals surface area contributed by atoms with Crippen LogP contribution in [0.5, 0.6) is 0 Å². The fourth-order valence-electron chi connectivity index (χ4n) is 2.48. The highest BCUT2D eigenvalue weighted by Gasteiger charge is 2.15. The van der Waals surface area contributed by atoms with Gasteiger partial charge in [-0.05, 0) is 35.4 Å². The lowest BCUT2D eigenvalue weighted by atomic mass is 9.96. The molecule has 3 heteroatoms. The second kappa shape index (κ2) is 4.78. The lowest BCUT2D eigenvalue weighted by Crippen LogP contribution is -2.02. The van der Waals surface area contributed by atoms with Gasteiger partial charge in [0.05, 0.1) is 11.3 Å². The fraction of sp³-hybridized carbons (Fsp3) is 0.0588. The van der Waals surface area contributed by atoms with Gasteiger partial charge in [0.2, 0.25) is 0 Å². The van der Waals surface area contributed by atoms with E-state index in [9.17, 15) is 9.90 Å². The number of pyridine rings is 1. The minimum Gasteiger partial charge on any atom is -0.478 e. The number of nitrogens with zero attached hydrogens (tertiary/aromatic N) is 1. The van der Waals surface area contributed by atoms with Gasteiger partial charge in [-0.15, -0.1) is 0 Å². The zero-order chi connectivity index (χ0) is 14.1. The van der Waals surface area contributed by atoms with Gasteiger partial charge in [0.25, 0.3) is 0 Å². The van der Waals surface area contributed by atoms with Crippen LogP contribution in [-0.4, -0.2) is 16.1 Å². The first-order valence-electron chi connectivity index (χ1n) is 6.35. The van der Waals surface area contributed by atoms with Crippen LogP contribution in [0.4, 0.5) is 0 Å². The van der Waals surface area contributed by atoms with Crippen molar-refractivity contribution in [1.29, 1.82) is 0 Å². The van der Waals surface area contributed by atoms with Gasteiger partial charge in [-0.25, -0.2) is 4.79 Å². The summed E-state index contributed by atoms with van der Waals surface area (Å²) in [6.07, 6.45) is 1.62. The largest absolute Gasteiger partial charge is 0.478 e. The Morgan fingerprint density at radius 3 is 2.65 bits per heavy atom. The van der Waals surface area contributed by atoms with Crippen molar-refractivity contribution in [3.63, 3.8) is 0 Å². The van der Waals surface area contributed by atoms with Gasteiger partial charge in [0.1, 0.15) is 0 Å². The molecule has 0 radical (unpaired) electrons. The van der Waals surface area contributed by atoms with E-state index in [2.05, 4.69) is 4.98 Å². The highest BCUT2D eigenvalue weighted by Crippen LogP contribution is 2.30. The van der Waals surface area contributed by atoms with Crippen LogP contribution >= 0.6 is 0 Å². The SMILES string of the molecule is Cc1c(-c2ncccc2C(=O)O)ccc2ccccc12. The minimum absolute atomic E-state index is 0.228. The molecule has 1 N–H and O–H groups in total. The van der Waals surface area contributed by atoms with E-state index in [-0.39, 0.29) is 5.56 Å². The van der Waals surface area contributed by atoms with Crippen molar-refractivity contribution in [3.8, 4) is 11.3 Å². The van der Waals surface area contributed by atoms with Crippen molar-refractivity contribution in [2.24, 2.45) is 0 Å². The normalized spacial score (nSPS) is 10.7. The molecule has 0 aliphatic rings. The first kappa shape index (κ1) is 12.4. The first-order valence-corrected chi connectivity index (χ1v) is 6.35. The number of fused-ring (bicyclic) bond motifs is 1. The molecule has 0 aliphatic heterocycles. The van der Waals surface area contributed by atoms with Crippen molar-refractivity contribution in [3.05, 3.63) is 65.9 Å². The topological polar surface area (TPSA) is 50.2 Å². The van der Waals surface area contributed by atoms with Crippen LogP contribution in [0.2, 0.25) is 0 Å². The molecule has 0 amide bonds. The Morgan fingerprint density at radius 2 is 1.85 bits per heavy atom. The lowest BCUT2D eigenvalue weighted by molar-refractivity contribution is 0.0697. The van der Waals surface area contributed by atoms with E-state index in [1.165, 1.54) is 0 Å². The number of rotatable bonds is 2. The predicted octanol–water partition coefficient (Wildman–Crippen LogP) is 3.91. The van der Waals surface area contributed by atoms with Crippen LogP contribution in [-0.2, 0) is 0 Å². The average Bonchev–Trinajstić information content (AvgIpc) is 2.48. The Bertz CT molecular complexity index is 809. The predicted molar refractivity (Wildman–Crippen MR) is 78.9 cm³/mol. The highest BCUT2D eigenvalue weighted by atomic mass is 16.4. The Kier molecular flexibility index (Phi) is 2.95. The summed E-state index contributed by atoms with van der Waals surface area (Å²) in [5, 5.41) is 11.5. The number of aromatic nitrogens is 1. The molecule has 0 fully saturated rings. The molecule has 0 atom stereocenters. The summed E-state index contributed by atoms with van der Waals surface area (Å²) in [7, 11) is 0. The van der Waals surface area contributed by atoms with Gasteiger partial charge in [-0.3, -0.25) is 4.98 Å². The van der Waals surface area contributed by atoms with Crippen LogP contribution in [0.15, 0.2) is 54.7 Å². The zero-order valence-electron chi connectivity index (χ0n) is 11.0. The first-order chi connectivity index (χ1) is 9.68. The third-order valence-corrected chi connectivity index (χ3v) is 3.49. The molecule has 1 aromatic heterocycles. The maximum absolute atomic E-state index is 11.3. The third kappa shape index (κ3) is 1.93. The lowest BCUT2D eigenvalue weighted by Gasteiger charge is -2.11. The molecule has 0 aliphatic carbocycles. The quantitative estimate of drug-likeness (QED) is 0.762. The maximum atomic E-state index is 11.3. The molecule has 0 unspecified atom stereocenters. The number of aryl methyl sites for hydroxylation is 1. The number of hydrogen-bond donors (Lipinski definition) is 1. The van der Waals surface area contributed by atoms with Crippen molar-refractivity contribution in [2.75, 3.05) is 0 Å². The Balaban J connectivity index is 2.31. The summed E-state index contributed by atoms with van der Waals surface area (Å²) in [5.41, 5.74) is 2.65. The molecule has 98 valence electrons. The fourth-order valence-corrected chi connectivity index (χ4v) is 2.48. The van der Waals surface area contributed by atoms with Crippen molar-refractivity contribution >= 4 is 16.7 Å². The molecule has 20 heavy (non-hydrogen) atoms. The van der Waals surface area contributed by atoms with Gasteiger partial charge in [0, 0.05) is 11.8 Å². The van der Waals surface area contributed by atoms with E-state index in [0.717, 1.165) is 21.9 Å². The molecule has 0 spiro atoms. The average molecular weight is 263 g/mol. The summed E-state index contributed by atoms with van der Waals surface area (Å²) < 4.78 is 0. The van der Waals surface area contributed by atoms with Crippen LogP contribution < -0.4 is 0 Å². The molecule has 3 rings (SSSR count). The summed E-state index contributed by atoms with van der Waals surface area (Å²) >= 11 is 0. The highest BCUT2D eigenvalue weighted by molar-refractivity contribution is 5.98. The molecule has 3 aromatic rings. The van der Waals surface area contributed by atoms with Gasteiger partial charge in [-0.1, -0.05) is 36.4 Å². The molecule has 2 aromatic carbocycles. The van der Waals surface area contributed by atoms with Crippen molar-refractivity contribution < 1.29 is 9.90 Å². The third-order valence-electron chi connectivity index (χ3n) is 3.49. The van der Waals surface area contributed by atoms with E-state index in [1.807, 2.05) is 43.3 Å². The van der Waals surface area contributed by atoms with E-state index in [0.29, 0.717) is 5.69 Å². The summed E-state index contributed by atoms with van der Waals surface area (Å²) in [6.45, 7) is 2.00. The molecule has 0 saturated carbocycles. The van der Waals surface area contributed by atoms with Gasteiger partial charge in [0.15, 0.2) is 0 Å². The molecule has 3 nitrogen and oxygen atoms in total. The van der Waals surface area contributed by atoms with Crippen LogP contribution in [0.25, 0.3) is 22.0 Å². The van der Waals surface area contributed by atoms with Crippen LogP contribution in [0.1, 0.15) is 15.9 Å². The van der Waals surface area contributed by atoms with E-state index >= 15 is 0 Å². The molecule has 1 heterocycles. The van der Waals surface area contributed by atoms with Gasteiger partial charge < -0.3 is 5.11 Å². The number of carboxylic acid groups (broad SMARTS) is 1. The number of hydrogen-bond acceptors (Lipinski definition) is 2. The maximum Gasteiger partial charge on any atom is 0.337 e. The molecule has 0 bridgehead atoms. The van der Waals surface area contributed by atoms with Crippen molar-refractivity contribution in [2.45, 2.75) is 6.92 Å². The Morgan fingerprint density at radius 1 is 1.05 bits per heavy atom. The Hall–Kier alpha value is -2.68.